The van der Waals surface area contributed by atoms with E-state index < -0.39 is 40.4 Å². The van der Waals surface area contributed by atoms with E-state index in [9.17, 15) is 22.8 Å². The molecule has 138 valence electrons. The second-order valence-corrected chi connectivity index (χ2v) is 6.65. The maximum atomic E-state index is 13.7. The lowest BCUT2D eigenvalue weighted by atomic mass is 9.90. The number of benzene rings is 2. The number of hydrogen-bond acceptors (Lipinski definition) is 2. The fourth-order valence-corrected chi connectivity index (χ4v) is 2.28. The quantitative estimate of drug-likeness (QED) is 0.594. The number of amides is 2. The van der Waals surface area contributed by atoms with Gasteiger partial charge in [-0.2, -0.15) is 0 Å². The molecule has 0 aliphatic rings. The van der Waals surface area contributed by atoms with Gasteiger partial charge in [0, 0.05) is 10.7 Å². The summed E-state index contributed by atoms with van der Waals surface area (Å²) in [5, 5.41) is 5.19. The predicted octanol–water partition coefficient (Wildman–Crippen LogP) is 4.67. The Balaban J connectivity index is 2.19. The van der Waals surface area contributed by atoms with Crippen LogP contribution in [0, 0.1) is 29.8 Å². The first-order valence-corrected chi connectivity index (χ1v) is 7.94. The Hall–Kier alpha value is -2.54. The highest BCUT2D eigenvalue weighted by molar-refractivity contribution is 6.30. The molecule has 0 bridgehead atoms. The van der Waals surface area contributed by atoms with Crippen LogP contribution < -0.4 is 10.6 Å². The van der Waals surface area contributed by atoms with E-state index >= 15 is 0 Å². The lowest BCUT2D eigenvalue weighted by Crippen LogP contribution is -2.41. The van der Waals surface area contributed by atoms with Crippen LogP contribution in [0.25, 0.3) is 0 Å². The molecule has 26 heavy (non-hydrogen) atoms. The van der Waals surface area contributed by atoms with E-state index in [0.717, 1.165) is 6.07 Å². The molecule has 2 N–H and O–H groups in total. The molecule has 0 aliphatic heterocycles. The van der Waals surface area contributed by atoms with Gasteiger partial charge < -0.3 is 10.6 Å². The van der Waals surface area contributed by atoms with E-state index in [1.54, 1.807) is 25.1 Å². The topological polar surface area (TPSA) is 58.2 Å². The van der Waals surface area contributed by atoms with Crippen LogP contribution in [-0.2, 0) is 9.59 Å². The average molecular weight is 385 g/mol. The highest BCUT2D eigenvalue weighted by atomic mass is 35.5. The van der Waals surface area contributed by atoms with Crippen molar-refractivity contribution < 1.29 is 22.8 Å². The summed E-state index contributed by atoms with van der Waals surface area (Å²) < 4.78 is 39.9. The summed E-state index contributed by atoms with van der Waals surface area (Å²) in [6.45, 7) is 4.37. The normalized spacial score (nSPS) is 11.2. The molecular weight excluding hydrogens is 369 g/mol. The number of carbonyl (C=O) groups is 2. The van der Waals surface area contributed by atoms with Crippen molar-refractivity contribution in [1.29, 1.82) is 0 Å². The first kappa shape index (κ1) is 19.8. The first-order chi connectivity index (χ1) is 12.0. The van der Waals surface area contributed by atoms with Crippen LogP contribution in [-0.4, -0.2) is 11.8 Å². The number of aryl methyl sites for hydroxylation is 1. The van der Waals surface area contributed by atoms with Gasteiger partial charge in [-0.15, -0.1) is 0 Å². The number of anilines is 2. The summed E-state index contributed by atoms with van der Waals surface area (Å²) in [5.41, 5.74) is -1.03. The Labute approximate surface area is 153 Å². The molecule has 0 heterocycles. The van der Waals surface area contributed by atoms with E-state index in [1.165, 1.54) is 13.8 Å². The van der Waals surface area contributed by atoms with Crippen LogP contribution in [0.1, 0.15) is 19.4 Å². The second kappa shape index (κ2) is 7.37. The van der Waals surface area contributed by atoms with Gasteiger partial charge in [-0.1, -0.05) is 11.6 Å². The molecule has 0 radical (unpaired) electrons. The van der Waals surface area contributed by atoms with Gasteiger partial charge >= 0.3 is 0 Å². The van der Waals surface area contributed by atoms with Crippen LogP contribution in [0.4, 0.5) is 24.5 Å². The lowest BCUT2D eigenvalue weighted by molar-refractivity contribution is -0.135. The largest absolute Gasteiger partial charge is 0.325 e. The first-order valence-electron chi connectivity index (χ1n) is 7.56. The van der Waals surface area contributed by atoms with Crippen molar-refractivity contribution in [3.05, 3.63) is 58.4 Å². The van der Waals surface area contributed by atoms with E-state index in [1.807, 2.05) is 0 Å². The highest BCUT2D eigenvalue weighted by Gasteiger charge is 2.37. The molecule has 2 amide bonds. The van der Waals surface area contributed by atoms with Crippen molar-refractivity contribution in [2.45, 2.75) is 20.8 Å². The molecule has 0 unspecified atom stereocenters. The molecule has 0 fully saturated rings. The van der Waals surface area contributed by atoms with E-state index in [2.05, 4.69) is 10.6 Å². The summed E-state index contributed by atoms with van der Waals surface area (Å²) in [6.07, 6.45) is 0. The molecular formula is C18H16ClF3N2O2. The molecule has 0 saturated carbocycles. The molecule has 0 spiro atoms. The van der Waals surface area contributed by atoms with Gasteiger partial charge in [0.05, 0.1) is 5.69 Å². The van der Waals surface area contributed by atoms with Crippen LogP contribution in [0.15, 0.2) is 30.3 Å². The summed E-state index contributed by atoms with van der Waals surface area (Å²) in [7, 11) is 0. The smallest absolute Gasteiger partial charge is 0.239 e. The summed E-state index contributed by atoms with van der Waals surface area (Å²) in [4.78, 5) is 24.9. The Morgan fingerprint density at radius 2 is 1.46 bits per heavy atom. The molecule has 2 rings (SSSR count). The van der Waals surface area contributed by atoms with Crippen molar-refractivity contribution in [3.63, 3.8) is 0 Å². The van der Waals surface area contributed by atoms with E-state index in [0.29, 0.717) is 22.3 Å². The standard InChI is InChI=1S/C18H16ClF3N2O2/c1-9-8-10(19)4-6-12(9)23-16(25)18(2,3)17(26)24-13-7-5-11(20)14(21)15(13)22/h4-8H,1-3H3,(H,23,25)(H,24,26). The molecule has 4 nitrogen and oxygen atoms in total. The highest BCUT2D eigenvalue weighted by Crippen LogP contribution is 2.26. The van der Waals surface area contributed by atoms with Crippen LogP contribution in [0.5, 0.6) is 0 Å². The van der Waals surface area contributed by atoms with Crippen molar-refractivity contribution in [1.82, 2.24) is 0 Å². The summed E-state index contributed by atoms with van der Waals surface area (Å²) in [6, 6.07) is 6.36. The molecule has 2 aromatic carbocycles. The molecule has 0 saturated heterocycles. The number of carbonyl (C=O) groups excluding carboxylic acids is 2. The van der Waals surface area contributed by atoms with Crippen LogP contribution in [0.2, 0.25) is 5.02 Å². The SMILES string of the molecule is Cc1cc(Cl)ccc1NC(=O)C(C)(C)C(=O)Nc1ccc(F)c(F)c1F. The lowest BCUT2D eigenvalue weighted by Gasteiger charge is -2.23. The third kappa shape index (κ3) is 3.99. The number of hydrogen-bond donors (Lipinski definition) is 2. The predicted molar refractivity (Wildman–Crippen MR) is 93.5 cm³/mol. The van der Waals surface area contributed by atoms with Crippen LogP contribution in [0.3, 0.4) is 0 Å². The van der Waals surface area contributed by atoms with Crippen molar-refractivity contribution in [2.24, 2.45) is 5.41 Å². The van der Waals surface area contributed by atoms with Gasteiger partial charge in [-0.05, 0) is 56.7 Å². The number of halogens is 4. The minimum atomic E-state index is -1.71. The molecule has 2 aromatic rings. The molecule has 0 atom stereocenters. The van der Waals surface area contributed by atoms with Gasteiger partial charge in [-0.3, -0.25) is 9.59 Å². The Morgan fingerprint density at radius 3 is 2.04 bits per heavy atom. The molecule has 0 aromatic heterocycles. The van der Waals surface area contributed by atoms with Gasteiger partial charge in [0.2, 0.25) is 11.8 Å². The Bertz CT molecular complexity index is 885. The second-order valence-electron chi connectivity index (χ2n) is 6.22. The zero-order valence-corrected chi connectivity index (χ0v) is 15.0. The maximum absolute atomic E-state index is 13.7. The number of nitrogens with one attached hydrogen (secondary N) is 2. The molecule has 8 heteroatoms. The maximum Gasteiger partial charge on any atom is 0.239 e. The number of rotatable bonds is 4. The van der Waals surface area contributed by atoms with Crippen molar-refractivity contribution in [3.8, 4) is 0 Å². The monoisotopic (exact) mass is 384 g/mol. The Kier molecular flexibility index (Phi) is 5.61. The third-order valence-corrected chi connectivity index (χ3v) is 4.09. The van der Waals surface area contributed by atoms with Gasteiger partial charge in [0.15, 0.2) is 17.5 Å². The van der Waals surface area contributed by atoms with Gasteiger partial charge in [0.25, 0.3) is 0 Å². The minimum Gasteiger partial charge on any atom is -0.325 e. The van der Waals surface area contributed by atoms with Crippen LogP contribution >= 0.6 is 11.6 Å². The molecule has 0 aliphatic carbocycles. The zero-order chi connectivity index (χ0) is 19.6. The Morgan fingerprint density at radius 1 is 0.923 bits per heavy atom. The van der Waals surface area contributed by atoms with Gasteiger partial charge in [0.1, 0.15) is 5.41 Å². The van der Waals surface area contributed by atoms with Crippen molar-refractivity contribution >= 4 is 34.8 Å². The average Bonchev–Trinajstić information content (AvgIpc) is 2.57. The summed E-state index contributed by atoms with van der Waals surface area (Å²) >= 11 is 5.85. The zero-order valence-electron chi connectivity index (χ0n) is 14.2. The van der Waals surface area contributed by atoms with Crippen molar-refractivity contribution in [2.75, 3.05) is 10.6 Å². The van der Waals surface area contributed by atoms with E-state index in [-0.39, 0.29) is 0 Å². The third-order valence-electron chi connectivity index (χ3n) is 3.86. The minimum absolute atomic E-state index is 0.458. The van der Waals surface area contributed by atoms with E-state index in [4.69, 9.17) is 11.6 Å². The van der Waals surface area contributed by atoms with Gasteiger partial charge in [-0.25, -0.2) is 13.2 Å². The fraction of sp³-hybridized carbons (Fsp3) is 0.222. The summed E-state index contributed by atoms with van der Waals surface area (Å²) in [5.74, 6) is -6.17. The fourth-order valence-electron chi connectivity index (χ4n) is 2.05.